The fourth-order valence-electron chi connectivity index (χ4n) is 1.46. The van der Waals surface area contributed by atoms with Crippen LogP contribution in [0.15, 0.2) is 18.2 Å². The van der Waals surface area contributed by atoms with E-state index in [2.05, 4.69) is 59.7 Å². The maximum Gasteiger partial charge on any atom is 0.0411 e. The molecule has 15 heavy (non-hydrogen) atoms. The average Bonchev–Trinajstić information content (AvgIpc) is 1.99. The zero-order valence-corrected chi connectivity index (χ0v) is 11.4. The topological polar surface area (TPSA) is 0 Å². The molecule has 0 N–H and O–H groups in total. The zero-order chi connectivity index (χ0) is 11.9. The van der Waals surface area contributed by atoms with Gasteiger partial charge in [-0.05, 0) is 34.1 Å². The van der Waals surface area contributed by atoms with Gasteiger partial charge in [0.25, 0.3) is 0 Å². The van der Waals surface area contributed by atoms with E-state index in [0.29, 0.717) is 0 Å². The van der Waals surface area contributed by atoms with Gasteiger partial charge in [0.2, 0.25) is 0 Å². The minimum atomic E-state index is 0.158. The third-order valence-electron chi connectivity index (χ3n) is 2.63. The molecule has 0 bridgehead atoms. The van der Waals surface area contributed by atoms with Crippen molar-refractivity contribution in [2.45, 2.75) is 52.4 Å². The van der Waals surface area contributed by atoms with Gasteiger partial charge >= 0.3 is 0 Å². The Labute approximate surface area is 98.7 Å². The zero-order valence-electron chi connectivity index (χ0n) is 10.6. The van der Waals surface area contributed by atoms with Crippen LogP contribution in [-0.4, -0.2) is 0 Å². The standard InChI is InChI=1S/C14H21Cl/c1-13(2,3)10-7-11(14(4,5)6)9-12(15)8-10/h7-9H,1-6H3. The van der Waals surface area contributed by atoms with Crippen molar-refractivity contribution in [3.05, 3.63) is 34.3 Å². The van der Waals surface area contributed by atoms with Gasteiger partial charge in [-0.25, -0.2) is 0 Å². The Morgan fingerprint density at radius 1 is 0.733 bits per heavy atom. The molecule has 0 nitrogen and oxygen atoms in total. The molecule has 1 rings (SSSR count). The van der Waals surface area contributed by atoms with Crippen molar-refractivity contribution in [1.82, 2.24) is 0 Å². The van der Waals surface area contributed by atoms with E-state index in [1.807, 2.05) is 0 Å². The van der Waals surface area contributed by atoms with E-state index < -0.39 is 0 Å². The van der Waals surface area contributed by atoms with Gasteiger partial charge in [-0.1, -0.05) is 59.2 Å². The molecule has 0 amide bonds. The van der Waals surface area contributed by atoms with Gasteiger partial charge in [0.15, 0.2) is 0 Å². The molecule has 0 aromatic heterocycles. The first-order chi connectivity index (χ1) is 6.60. The summed E-state index contributed by atoms with van der Waals surface area (Å²) in [6, 6.07) is 6.40. The van der Waals surface area contributed by atoms with Crippen LogP contribution >= 0.6 is 11.6 Å². The largest absolute Gasteiger partial charge is 0.0843 e. The Hall–Kier alpha value is -0.490. The van der Waals surface area contributed by atoms with Crippen LogP contribution in [0.2, 0.25) is 5.02 Å². The summed E-state index contributed by atoms with van der Waals surface area (Å²) in [7, 11) is 0. The number of hydrogen-bond donors (Lipinski definition) is 0. The third kappa shape index (κ3) is 3.24. The summed E-state index contributed by atoms with van der Waals surface area (Å²) >= 11 is 6.16. The fourth-order valence-corrected chi connectivity index (χ4v) is 1.69. The Kier molecular flexibility index (Phi) is 3.21. The van der Waals surface area contributed by atoms with Crippen LogP contribution in [-0.2, 0) is 10.8 Å². The second kappa shape index (κ2) is 3.83. The monoisotopic (exact) mass is 224 g/mol. The van der Waals surface area contributed by atoms with E-state index in [-0.39, 0.29) is 10.8 Å². The molecule has 0 radical (unpaired) electrons. The van der Waals surface area contributed by atoms with Crippen molar-refractivity contribution in [2.75, 3.05) is 0 Å². The Balaban J connectivity index is 3.30. The van der Waals surface area contributed by atoms with E-state index in [9.17, 15) is 0 Å². The second-order valence-corrected chi connectivity index (χ2v) is 6.67. The van der Waals surface area contributed by atoms with Crippen molar-refractivity contribution in [3.63, 3.8) is 0 Å². The lowest BCUT2D eigenvalue weighted by atomic mass is 9.81. The van der Waals surface area contributed by atoms with Crippen LogP contribution in [0.25, 0.3) is 0 Å². The smallest absolute Gasteiger partial charge is 0.0411 e. The maximum atomic E-state index is 6.16. The molecule has 0 aliphatic heterocycles. The Morgan fingerprint density at radius 3 is 1.33 bits per heavy atom. The fraction of sp³-hybridized carbons (Fsp3) is 0.571. The maximum absolute atomic E-state index is 6.16. The normalized spacial score (nSPS) is 13.0. The van der Waals surface area contributed by atoms with Gasteiger partial charge < -0.3 is 0 Å². The molecule has 0 saturated heterocycles. The highest BCUT2D eigenvalue weighted by atomic mass is 35.5. The minimum Gasteiger partial charge on any atom is -0.0843 e. The number of halogens is 1. The van der Waals surface area contributed by atoms with Crippen LogP contribution in [0.5, 0.6) is 0 Å². The van der Waals surface area contributed by atoms with Gasteiger partial charge in [-0.15, -0.1) is 0 Å². The SMILES string of the molecule is CC(C)(C)c1cc(Cl)cc(C(C)(C)C)c1. The predicted molar refractivity (Wildman–Crippen MR) is 68.9 cm³/mol. The first-order valence-electron chi connectivity index (χ1n) is 5.42. The third-order valence-corrected chi connectivity index (χ3v) is 2.85. The van der Waals surface area contributed by atoms with Gasteiger partial charge in [0.05, 0.1) is 0 Å². The van der Waals surface area contributed by atoms with E-state index in [1.54, 1.807) is 0 Å². The number of hydrogen-bond acceptors (Lipinski definition) is 0. The molecular formula is C14H21Cl. The number of rotatable bonds is 0. The highest BCUT2D eigenvalue weighted by Gasteiger charge is 2.19. The lowest BCUT2D eigenvalue weighted by molar-refractivity contribution is 0.568. The lowest BCUT2D eigenvalue weighted by Crippen LogP contribution is -2.16. The molecule has 0 aliphatic rings. The van der Waals surface area contributed by atoms with Crippen molar-refractivity contribution < 1.29 is 0 Å². The first-order valence-corrected chi connectivity index (χ1v) is 5.80. The molecule has 0 saturated carbocycles. The van der Waals surface area contributed by atoms with Gasteiger partial charge in [0, 0.05) is 5.02 Å². The molecule has 0 fully saturated rings. The average molecular weight is 225 g/mol. The van der Waals surface area contributed by atoms with E-state index in [0.717, 1.165) is 5.02 Å². The van der Waals surface area contributed by atoms with E-state index in [1.165, 1.54) is 11.1 Å². The van der Waals surface area contributed by atoms with Gasteiger partial charge in [0.1, 0.15) is 0 Å². The molecule has 1 aromatic carbocycles. The molecule has 84 valence electrons. The molecule has 1 aromatic rings. The number of benzene rings is 1. The van der Waals surface area contributed by atoms with Crippen LogP contribution in [0.1, 0.15) is 52.7 Å². The van der Waals surface area contributed by atoms with Crippen molar-refractivity contribution >= 4 is 11.6 Å². The molecule has 1 heteroatoms. The van der Waals surface area contributed by atoms with Crippen LogP contribution in [0.3, 0.4) is 0 Å². The van der Waals surface area contributed by atoms with Crippen LogP contribution in [0.4, 0.5) is 0 Å². The Morgan fingerprint density at radius 2 is 1.07 bits per heavy atom. The van der Waals surface area contributed by atoms with Crippen molar-refractivity contribution in [2.24, 2.45) is 0 Å². The second-order valence-electron chi connectivity index (χ2n) is 6.23. The summed E-state index contributed by atoms with van der Waals surface area (Å²) in [6.45, 7) is 13.3. The summed E-state index contributed by atoms with van der Waals surface area (Å²) < 4.78 is 0. The van der Waals surface area contributed by atoms with Gasteiger partial charge in [-0.2, -0.15) is 0 Å². The summed E-state index contributed by atoms with van der Waals surface area (Å²) in [4.78, 5) is 0. The summed E-state index contributed by atoms with van der Waals surface area (Å²) in [5.41, 5.74) is 2.93. The van der Waals surface area contributed by atoms with E-state index in [4.69, 9.17) is 11.6 Å². The van der Waals surface area contributed by atoms with Crippen LogP contribution in [0, 0.1) is 0 Å². The van der Waals surface area contributed by atoms with Crippen LogP contribution < -0.4 is 0 Å². The lowest BCUT2D eigenvalue weighted by Gasteiger charge is -2.25. The first kappa shape index (κ1) is 12.6. The van der Waals surface area contributed by atoms with Crippen molar-refractivity contribution in [3.8, 4) is 0 Å². The molecular weight excluding hydrogens is 204 g/mol. The molecule has 0 atom stereocenters. The summed E-state index contributed by atoms with van der Waals surface area (Å²) in [5, 5.41) is 0.840. The molecule has 0 aliphatic carbocycles. The molecule has 0 unspecified atom stereocenters. The van der Waals surface area contributed by atoms with Crippen molar-refractivity contribution in [1.29, 1.82) is 0 Å². The predicted octanol–water partition coefficient (Wildman–Crippen LogP) is 4.94. The summed E-state index contributed by atoms with van der Waals surface area (Å²) in [6.07, 6.45) is 0. The van der Waals surface area contributed by atoms with E-state index >= 15 is 0 Å². The highest BCUT2D eigenvalue weighted by molar-refractivity contribution is 6.30. The molecule has 0 heterocycles. The Bertz CT molecular complexity index is 318. The quantitative estimate of drug-likeness (QED) is 0.586. The minimum absolute atomic E-state index is 0.158. The molecule has 0 spiro atoms. The highest BCUT2D eigenvalue weighted by Crippen LogP contribution is 2.31. The summed E-state index contributed by atoms with van der Waals surface area (Å²) in [5.74, 6) is 0. The van der Waals surface area contributed by atoms with Gasteiger partial charge in [-0.3, -0.25) is 0 Å².